The molecule has 5 saturated carbocycles. The predicted octanol–water partition coefficient (Wildman–Crippen LogP) is 6.82. The Bertz CT molecular complexity index is 1070. The van der Waals surface area contributed by atoms with Crippen molar-refractivity contribution in [2.75, 3.05) is 0 Å². The summed E-state index contributed by atoms with van der Waals surface area (Å²) >= 11 is 0. The van der Waals surface area contributed by atoms with Crippen LogP contribution in [0.15, 0.2) is 0 Å². The van der Waals surface area contributed by atoms with Crippen LogP contribution in [0, 0.1) is 50.7 Å². The van der Waals surface area contributed by atoms with Gasteiger partial charge in [0, 0.05) is 30.6 Å². The molecule has 0 aromatic carbocycles. The third kappa shape index (κ3) is 2.63. The van der Waals surface area contributed by atoms with Crippen LogP contribution >= 0.6 is 0 Å². The summed E-state index contributed by atoms with van der Waals surface area (Å²) < 4.78 is 19.1. The number of carbonyl (C=O) groups is 2. The van der Waals surface area contributed by atoms with Gasteiger partial charge in [0.15, 0.2) is 0 Å². The Morgan fingerprint density at radius 1 is 0.892 bits per heavy atom. The normalized spacial score (nSPS) is 58.9. The maximum Gasteiger partial charge on any atom is 0.311 e. The fourth-order valence-corrected chi connectivity index (χ4v) is 12.9. The van der Waals surface area contributed by atoms with E-state index in [9.17, 15) is 9.59 Å². The molecule has 7 aliphatic rings. The number of fused-ring (bicyclic) bond motifs is 3. The molecule has 4 spiro atoms. The molecular weight excluding hydrogens is 464 g/mol. The van der Waals surface area contributed by atoms with Gasteiger partial charge in [-0.2, -0.15) is 0 Å². The Hall–Kier alpha value is -1.10. The molecule has 0 amide bonds. The minimum absolute atomic E-state index is 0.0371. The fraction of sp³-hybridized carbons (Fsp3) is 0.938. The second kappa shape index (κ2) is 6.96. The van der Waals surface area contributed by atoms with Crippen LogP contribution in [-0.2, 0) is 23.8 Å². The zero-order valence-electron chi connectivity index (χ0n) is 24.2. The standard InChI is InChI=1S/C32H48O5/c1-19-16-31(36-25(19)34)17-20(2)32(37-31)15-12-27(6)23-9-8-22-26(4,5)24(35-21(3)33)10-11-29(22)18-30(23,29)14-13-28(27,32)7/h19-20,22-24H,8-18H2,1-7H3/t19?,20-,22+,23+,24-,27+,28+,29-,30+,31+,32+/m1/s1. The van der Waals surface area contributed by atoms with Gasteiger partial charge in [0.1, 0.15) is 6.10 Å². The highest BCUT2D eigenvalue weighted by atomic mass is 16.7. The van der Waals surface area contributed by atoms with Gasteiger partial charge in [-0.1, -0.05) is 41.5 Å². The van der Waals surface area contributed by atoms with Gasteiger partial charge in [-0.15, -0.1) is 0 Å². The topological polar surface area (TPSA) is 61.8 Å². The lowest BCUT2D eigenvalue weighted by Gasteiger charge is -2.64. The van der Waals surface area contributed by atoms with Crippen molar-refractivity contribution in [3.63, 3.8) is 0 Å². The Morgan fingerprint density at radius 2 is 1.59 bits per heavy atom. The highest BCUT2D eigenvalue weighted by Crippen LogP contribution is 2.90. The van der Waals surface area contributed by atoms with Crippen LogP contribution in [0.3, 0.4) is 0 Å². The van der Waals surface area contributed by atoms with Crippen molar-refractivity contribution in [1.29, 1.82) is 0 Å². The van der Waals surface area contributed by atoms with Crippen LogP contribution in [0.25, 0.3) is 0 Å². The van der Waals surface area contributed by atoms with E-state index in [0.717, 1.165) is 25.2 Å². The molecule has 206 valence electrons. The molecule has 1 unspecified atom stereocenters. The van der Waals surface area contributed by atoms with Crippen molar-refractivity contribution < 1.29 is 23.8 Å². The molecule has 0 N–H and O–H groups in total. The Morgan fingerprint density at radius 3 is 2.27 bits per heavy atom. The quantitative estimate of drug-likeness (QED) is 0.361. The molecule has 0 radical (unpaired) electrons. The van der Waals surface area contributed by atoms with Crippen LogP contribution in [0.4, 0.5) is 0 Å². The van der Waals surface area contributed by atoms with Gasteiger partial charge in [0.05, 0.1) is 11.5 Å². The van der Waals surface area contributed by atoms with E-state index in [-0.39, 0.29) is 45.8 Å². The molecule has 0 aromatic rings. The third-order valence-corrected chi connectivity index (χ3v) is 14.6. The van der Waals surface area contributed by atoms with Crippen LogP contribution in [0.1, 0.15) is 119 Å². The highest BCUT2D eigenvalue weighted by Gasteiger charge is 2.85. The van der Waals surface area contributed by atoms with E-state index >= 15 is 0 Å². The van der Waals surface area contributed by atoms with E-state index in [1.807, 2.05) is 6.92 Å². The lowest BCUT2D eigenvalue weighted by molar-refractivity contribution is -0.269. The monoisotopic (exact) mass is 512 g/mol. The SMILES string of the molecule is CC(=O)O[C@@H]1CC[C@]23C[C@]24CC[C@@]2(C)[C@@](C)(CC[C@@]25O[C@@]2(CC(C)C(=O)O2)C[C@H]5C)[C@@H]4CC[C@H]3C1(C)C. The first-order chi connectivity index (χ1) is 17.2. The first-order valence-electron chi connectivity index (χ1n) is 15.3. The molecule has 5 heteroatoms. The van der Waals surface area contributed by atoms with E-state index in [1.165, 1.54) is 44.9 Å². The number of hydrogen-bond donors (Lipinski definition) is 0. The Kier molecular flexibility index (Phi) is 4.69. The van der Waals surface area contributed by atoms with Gasteiger partial charge in [-0.25, -0.2) is 0 Å². The van der Waals surface area contributed by atoms with Crippen molar-refractivity contribution in [3.8, 4) is 0 Å². The number of rotatable bonds is 1. The third-order valence-electron chi connectivity index (χ3n) is 14.6. The summed E-state index contributed by atoms with van der Waals surface area (Å²) in [7, 11) is 0. The van der Waals surface area contributed by atoms with Gasteiger partial charge in [0.25, 0.3) is 0 Å². The molecule has 2 aliphatic heterocycles. The fourth-order valence-electron chi connectivity index (χ4n) is 12.9. The van der Waals surface area contributed by atoms with Crippen LogP contribution < -0.4 is 0 Å². The lowest BCUT2D eigenvalue weighted by Crippen LogP contribution is -2.61. The Labute approximate surface area is 223 Å². The van der Waals surface area contributed by atoms with Gasteiger partial charge >= 0.3 is 11.9 Å². The summed E-state index contributed by atoms with van der Waals surface area (Å²) in [6.07, 6.45) is 12.6. The van der Waals surface area contributed by atoms with Gasteiger partial charge in [0.2, 0.25) is 5.79 Å². The first kappa shape index (κ1) is 24.9. The molecule has 7 fully saturated rings. The van der Waals surface area contributed by atoms with Crippen molar-refractivity contribution in [3.05, 3.63) is 0 Å². The molecule has 11 atom stereocenters. The molecular formula is C32H48O5. The van der Waals surface area contributed by atoms with Gasteiger partial charge < -0.3 is 14.2 Å². The highest BCUT2D eigenvalue weighted by molar-refractivity contribution is 5.74. The van der Waals surface area contributed by atoms with E-state index < -0.39 is 5.79 Å². The van der Waals surface area contributed by atoms with E-state index in [2.05, 4.69) is 34.6 Å². The number of carbonyl (C=O) groups excluding carboxylic acids is 2. The smallest absolute Gasteiger partial charge is 0.311 e. The zero-order valence-corrected chi connectivity index (χ0v) is 24.2. The minimum atomic E-state index is -0.698. The summed E-state index contributed by atoms with van der Waals surface area (Å²) in [5.74, 6) is 0.796. The summed E-state index contributed by atoms with van der Waals surface area (Å²) in [5.41, 5.74) is 1.05. The Balaban J connectivity index is 1.21. The van der Waals surface area contributed by atoms with E-state index in [1.54, 1.807) is 6.92 Å². The lowest BCUT2D eigenvalue weighted by atomic mass is 9.41. The first-order valence-corrected chi connectivity index (χ1v) is 15.3. The predicted molar refractivity (Wildman–Crippen MR) is 139 cm³/mol. The van der Waals surface area contributed by atoms with Crippen molar-refractivity contribution in [2.45, 2.75) is 137 Å². The molecule has 37 heavy (non-hydrogen) atoms. The van der Waals surface area contributed by atoms with Crippen molar-refractivity contribution in [1.82, 2.24) is 0 Å². The largest absolute Gasteiger partial charge is 0.462 e. The average Bonchev–Trinajstić information content (AvgIpc) is 3.16. The van der Waals surface area contributed by atoms with Crippen LogP contribution in [0.2, 0.25) is 0 Å². The minimum Gasteiger partial charge on any atom is -0.462 e. The second-order valence-electron chi connectivity index (χ2n) is 15.9. The van der Waals surface area contributed by atoms with Gasteiger partial charge in [-0.3, -0.25) is 9.59 Å². The van der Waals surface area contributed by atoms with Crippen LogP contribution in [0.5, 0.6) is 0 Å². The number of ether oxygens (including phenoxy) is 3. The molecule has 0 bridgehead atoms. The molecule has 5 nitrogen and oxygen atoms in total. The maximum absolute atomic E-state index is 12.4. The zero-order chi connectivity index (χ0) is 26.4. The second-order valence-corrected chi connectivity index (χ2v) is 15.9. The van der Waals surface area contributed by atoms with E-state index in [4.69, 9.17) is 14.2 Å². The molecule has 5 aliphatic carbocycles. The van der Waals surface area contributed by atoms with Crippen molar-refractivity contribution >= 4 is 11.9 Å². The summed E-state index contributed by atoms with van der Waals surface area (Å²) in [4.78, 5) is 24.3. The van der Waals surface area contributed by atoms with Crippen LogP contribution in [-0.4, -0.2) is 29.4 Å². The number of hydrogen-bond acceptors (Lipinski definition) is 5. The van der Waals surface area contributed by atoms with Crippen molar-refractivity contribution in [2.24, 2.45) is 50.7 Å². The average molecular weight is 513 g/mol. The molecule has 2 saturated heterocycles. The number of esters is 2. The molecule has 0 aromatic heterocycles. The maximum atomic E-state index is 12.4. The van der Waals surface area contributed by atoms with Gasteiger partial charge in [-0.05, 0) is 91.8 Å². The summed E-state index contributed by atoms with van der Waals surface area (Å²) in [6.45, 7) is 15.9. The molecule has 7 rings (SSSR count). The molecule has 2 heterocycles. The summed E-state index contributed by atoms with van der Waals surface area (Å²) in [5, 5.41) is 0. The summed E-state index contributed by atoms with van der Waals surface area (Å²) in [6, 6.07) is 0. The van der Waals surface area contributed by atoms with E-state index in [0.29, 0.717) is 29.1 Å².